The van der Waals surface area contributed by atoms with Crippen LogP contribution in [0.25, 0.3) is 0 Å². The molecule has 0 aromatic carbocycles. The van der Waals surface area contributed by atoms with Crippen LogP contribution in [0, 0.1) is 12.3 Å². The number of hydrogen-bond donors (Lipinski definition) is 0. The molecule has 0 aliphatic carbocycles. The van der Waals surface area contributed by atoms with Gasteiger partial charge in [-0.3, -0.25) is 4.90 Å². The van der Waals surface area contributed by atoms with Crippen molar-refractivity contribution < 1.29 is 33.1 Å². The van der Waals surface area contributed by atoms with Crippen molar-refractivity contribution >= 4 is 6.09 Å². The van der Waals surface area contributed by atoms with Crippen LogP contribution in [0.2, 0.25) is 0 Å². The van der Waals surface area contributed by atoms with Crippen molar-refractivity contribution in [3.63, 3.8) is 0 Å². The van der Waals surface area contributed by atoms with E-state index in [1.165, 1.54) is 4.90 Å². The summed E-state index contributed by atoms with van der Waals surface area (Å²) in [5.41, 5.74) is -1.30. The van der Waals surface area contributed by atoms with Gasteiger partial charge in [0.2, 0.25) is 0 Å². The second-order valence-electron chi connectivity index (χ2n) is 5.27. The van der Waals surface area contributed by atoms with Crippen LogP contribution < -0.4 is 18.9 Å². The van der Waals surface area contributed by atoms with Gasteiger partial charge in [-0.1, -0.05) is 0 Å². The molecule has 0 aromatic heterocycles. The number of nitrogens with zero attached hydrogens (tertiary/aromatic N) is 1. The molecule has 1 heterocycles. The van der Waals surface area contributed by atoms with Crippen LogP contribution in [-0.4, -0.2) is 35.0 Å². The molecule has 1 fully saturated rings. The number of carbonyl (C=O) groups excluding carboxylic acids is 1. The predicted octanol–water partition coefficient (Wildman–Crippen LogP) is -1.05. The standard InChI is InChI=1S/C12H18NO3.Li/c1-7-9-8-15-12(5,6)13(9)10(14)16-11(2,3)4;/h9H,8H2,2-6H3;/q-1;+1/t9-;/m1./s1. The molecule has 1 saturated heterocycles. The molecule has 0 spiro atoms. The zero-order chi connectivity index (χ0) is 12.6. The van der Waals surface area contributed by atoms with E-state index in [0.717, 1.165) is 0 Å². The summed E-state index contributed by atoms with van der Waals surface area (Å²) in [6.45, 7) is 9.24. The van der Waals surface area contributed by atoms with E-state index >= 15 is 0 Å². The van der Waals surface area contributed by atoms with E-state index in [4.69, 9.17) is 15.9 Å². The Morgan fingerprint density at radius 2 is 2.06 bits per heavy atom. The molecule has 0 saturated carbocycles. The van der Waals surface area contributed by atoms with Crippen molar-refractivity contribution in [2.75, 3.05) is 6.61 Å². The second-order valence-corrected chi connectivity index (χ2v) is 5.27. The van der Waals surface area contributed by atoms with Crippen molar-refractivity contribution in [1.82, 2.24) is 4.90 Å². The third kappa shape index (κ3) is 3.96. The first-order chi connectivity index (χ1) is 7.17. The van der Waals surface area contributed by atoms with Gasteiger partial charge in [-0.25, -0.2) is 4.79 Å². The van der Waals surface area contributed by atoms with Gasteiger partial charge in [0, 0.05) is 0 Å². The van der Waals surface area contributed by atoms with Crippen molar-refractivity contribution in [3.8, 4) is 5.92 Å². The second kappa shape index (κ2) is 5.36. The third-order valence-corrected chi connectivity index (χ3v) is 2.24. The molecule has 0 aromatic rings. The van der Waals surface area contributed by atoms with Gasteiger partial charge in [0.25, 0.3) is 0 Å². The fourth-order valence-electron chi connectivity index (χ4n) is 1.57. The molecule has 1 aliphatic heterocycles. The fraction of sp³-hybridized carbons (Fsp3) is 0.750. The van der Waals surface area contributed by atoms with Crippen LogP contribution in [0.5, 0.6) is 0 Å². The van der Waals surface area contributed by atoms with Gasteiger partial charge in [0.15, 0.2) is 0 Å². The first-order valence-electron chi connectivity index (χ1n) is 5.26. The summed E-state index contributed by atoms with van der Waals surface area (Å²) < 4.78 is 10.7. The van der Waals surface area contributed by atoms with E-state index in [1.54, 1.807) is 34.6 Å². The molecule has 90 valence electrons. The number of rotatable bonds is 0. The van der Waals surface area contributed by atoms with Crippen molar-refractivity contribution in [2.45, 2.75) is 52.0 Å². The van der Waals surface area contributed by atoms with E-state index in [-0.39, 0.29) is 25.5 Å². The van der Waals surface area contributed by atoms with Gasteiger partial charge >= 0.3 is 25.0 Å². The summed E-state index contributed by atoms with van der Waals surface area (Å²) in [5, 5.41) is 0. The summed E-state index contributed by atoms with van der Waals surface area (Å²) in [7, 11) is 0. The minimum Gasteiger partial charge on any atom is -0.691 e. The van der Waals surface area contributed by atoms with E-state index in [9.17, 15) is 4.79 Å². The topological polar surface area (TPSA) is 38.8 Å². The van der Waals surface area contributed by atoms with Crippen LogP contribution in [0.1, 0.15) is 34.6 Å². The Balaban J connectivity index is 0.00000256. The Morgan fingerprint density at radius 3 is 2.47 bits per heavy atom. The average Bonchev–Trinajstić information content (AvgIpc) is 2.37. The van der Waals surface area contributed by atoms with Crippen LogP contribution in [0.4, 0.5) is 4.79 Å². The smallest absolute Gasteiger partial charge is 0.691 e. The third-order valence-electron chi connectivity index (χ3n) is 2.24. The van der Waals surface area contributed by atoms with Crippen molar-refractivity contribution in [1.29, 1.82) is 0 Å². The maximum absolute atomic E-state index is 11.9. The van der Waals surface area contributed by atoms with Gasteiger partial charge in [-0.2, -0.15) is 0 Å². The minimum absolute atomic E-state index is 0. The average molecular weight is 231 g/mol. The number of ether oxygens (including phenoxy) is 2. The molecule has 5 heteroatoms. The molecular weight excluding hydrogens is 213 g/mol. The maximum Gasteiger partial charge on any atom is 1.00 e. The van der Waals surface area contributed by atoms with E-state index in [2.05, 4.69) is 5.92 Å². The summed E-state index contributed by atoms with van der Waals surface area (Å²) in [6, 6.07) is -0.468. The molecule has 4 nitrogen and oxygen atoms in total. The van der Waals surface area contributed by atoms with E-state index < -0.39 is 23.5 Å². The zero-order valence-corrected chi connectivity index (χ0v) is 11.5. The summed E-state index contributed by atoms with van der Waals surface area (Å²) in [6.07, 6.45) is 6.68. The molecule has 1 atom stereocenters. The van der Waals surface area contributed by atoms with E-state index in [1.807, 2.05) is 0 Å². The van der Waals surface area contributed by atoms with Gasteiger partial charge in [0.1, 0.15) is 11.3 Å². The number of hydrogen-bond acceptors (Lipinski definition) is 3. The Labute approximate surface area is 115 Å². The zero-order valence-electron chi connectivity index (χ0n) is 11.5. The van der Waals surface area contributed by atoms with Gasteiger partial charge in [-0.05, 0) is 34.6 Å². The first kappa shape index (κ1) is 16.4. The summed E-state index contributed by atoms with van der Waals surface area (Å²) in [5.74, 6) is 2.29. The predicted molar refractivity (Wildman–Crippen MR) is 59.0 cm³/mol. The Hall–Kier alpha value is -0.613. The Kier molecular flexibility index (Phi) is 5.16. The minimum atomic E-state index is -0.749. The molecule has 1 aliphatic rings. The number of amides is 1. The van der Waals surface area contributed by atoms with E-state index in [0.29, 0.717) is 0 Å². The van der Waals surface area contributed by atoms with Crippen molar-refractivity contribution in [2.24, 2.45) is 0 Å². The molecule has 1 amide bonds. The Morgan fingerprint density at radius 1 is 1.53 bits per heavy atom. The molecule has 0 N–H and O–H groups in total. The summed E-state index contributed by atoms with van der Waals surface area (Å²) in [4.78, 5) is 13.4. The van der Waals surface area contributed by atoms with Crippen LogP contribution in [0.3, 0.4) is 0 Å². The maximum atomic E-state index is 11.9. The van der Waals surface area contributed by atoms with Crippen LogP contribution in [-0.2, 0) is 9.47 Å². The molecule has 1 rings (SSSR count). The quantitative estimate of drug-likeness (QED) is 0.303. The van der Waals surface area contributed by atoms with Crippen molar-refractivity contribution in [3.05, 3.63) is 6.42 Å². The van der Waals surface area contributed by atoms with Gasteiger partial charge < -0.3 is 21.8 Å². The molecular formula is C12H18LiNO3. The molecule has 0 bridgehead atoms. The van der Waals surface area contributed by atoms with Crippen LogP contribution in [0.15, 0.2) is 0 Å². The van der Waals surface area contributed by atoms with Gasteiger partial charge in [0.05, 0.1) is 12.6 Å². The largest absolute Gasteiger partial charge is 1.00 e. The fourth-order valence-corrected chi connectivity index (χ4v) is 1.57. The monoisotopic (exact) mass is 231 g/mol. The van der Waals surface area contributed by atoms with Crippen LogP contribution >= 0.6 is 0 Å². The Bertz CT molecular complexity index is 328. The molecule has 17 heavy (non-hydrogen) atoms. The SMILES string of the molecule is [C-]#C[C@@H]1COC(C)(C)N1C(=O)OC(C)(C)C.[Li+]. The molecule has 0 unspecified atom stereocenters. The summed E-state index contributed by atoms with van der Waals surface area (Å²) >= 11 is 0. The first-order valence-corrected chi connectivity index (χ1v) is 5.26. The van der Waals surface area contributed by atoms with Gasteiger partial charge in [-0.15, -0.1) is 0 Å². The normalized spacial score (nSPS) is 22.6. The molecule has 0 radical (unpaired) electrons. The number of carbonyl (C=O) groups is 1.